The Morgan fingerprint density at radius 1 is 0.500 bits per heavy atom. The quantitative estimate of drug-likeness (QED) is 0.0958. The van der Waals surface area contributed by atoms with E-state index in [9.17, 15) is 13.0 Å². The summed E-state index contributed by atoms with van der Waals surface area (Å²) in [7, 11) is -4.09. The first-order valence-corrected chi connectivity index (χ1v) is 14.8. The molecule has 0 saturated carbocycles. The molecule has 5 heteroatoms. The van der Waals surface area contributed by atoms with E-state index in [0.29, 0.717) is 6.42 Å². The lowest BCUT2D eigenvalue weighted by Crippen LogP contribution is -2.51. The van der Waals surface area contributed by atoms with Gasteiger partial charge in [-0.1, -0.05) is 97.8 Å². The molecule has 182 valence electrons. The van der Waals surface area contributed by atoms with Crippen molar-refractivity contribution in [1.82, 2.24) is 0 Å². The first-order chi connectivity index (χ1) is 14.4. The predicted octanol–water partition coefficient (Wildman–Crippen LogP) is 7.04. The van der Waals surface area contributed by atoms with Crippen molar-refractivity contribution in [2.45, 2.75) is 130 Å². The van der Waals surface area contributed by atoms with Crippen LogP contribution in [0, 0.1) is 0 Å². The van der Waals surface area contributed by atoms with E-state index in [1.165, 1.54) is 103 Å². The van der Waals surface area contributed by atoms with Crippen LogP contribution < -0.4 is 0 Å². The largest absolute Gasteiger partial charge is 0.748 e. The number of unbranched alkanes of at least 4 members (excludes halogenated alkanes) is 13. The Bertz CT molecular complexity index is 457. The minimum Gasteiger partial charge on any atom is -0.748 e. The van der Waals surface area contributed by atoms with Crippen LogP contribution in [0.5, 0.6) is 0 Å². The lowest BCUT2D eigenvalue weighted by molar-refractivity contribution is -0.928. The Kier molecular flexibility index (Phi) is 19.5. The molecule has 30 heavy (non-hydrogen) atoms. The van der Waals surface area contributed by atoms with Crippen molar-refractivity contribution in [3.63, 3.8) is 0 Å². The smallest absolute Gasteiger partial charge is 0.0948 e. The maximum absolute atomic E-state index is 11.1. The SMILES string of the molecule is CCCCCCCCCCCCCC[N+](CCCC)(CCCC)CCCS(=O)(=O)[O-]. The molecule has 0 atom stereocenters. The first kappa shape index (κ1) is 29.9. The molecule has 0 bridgehead atoms. The Balaban J connectivity index is 4.19. The number of nitrogens with zero attached hydrogens (tertiary/aromatic N) is 1. The van der Waals surface area contributed by atoms with Crippen LogP contribution >= 0.6 is 0 Å². The van der Waals surface area contributed by atoms with Gasteiger partial charge >= 0.3 is 0 Å². The van der Waals surface area contributed by atoms with E-state index in [0.717, 1.165) is 30.7 Å². The van der Waals surface area contributed by atoms with Crippen LogP contribution in [0.2, 0.25) is 0 Å². The van der Waals surface area contributed by atoms with E-state index < -0.39 is 10.1 Å². The fourth-order valence-corrected chi connectivity index (χ4v) is 5.01. The van der Waals surface area contributed by atoms with Gasteiger partial charge in [-0.05, 0) is 25.7 Å². The van der Waals surface area contributed by atoms with Crippen LogP contribution in [0.1, 0.15) is 130 Å². The molecule has 0 fully saturated rings. The second-order valence-electron chi connectivity index (χ2n) is 9.45. The van der Waals surface area contributed by atoms with E-state index in [2.05, 4.69) is 20.8 Å². The molecule has 0 spiro atoms. The highest BCUT2D eigenvalue weighted by atomic mass is 32.2. The predicted molar refractivity (Wildman–Crippen MR) is 130 cm³/mol. The Hall–Kier alpha value is -0.130. The highest BCUT2D eigenvalue weighted by Crippen LogP contribution is 2.18. The van der Waals surface area contributed by atoms with Crippen LogP contribution in [0.15, 0.2) is 0 Å². The summed E-state index contributed by atoms with van der Waals surface area (Å²) in [6, 6.07) is 0. The monoisotopic (exact) mass is 447 g/mol. The molecular formula is C25H53NO3S. The summed E-state index contributed by atoms with van der Waals surface area (Å²) < 4.78 is 34.2. The molecule has 0 radical (unpaired) electrons. The molecule has 0 aliphatic carbocycles. The van der Waals surface area contributed by atoms with Crippen LogP contribution in [-0.4, -0.2) is 49.4 Å². The number of quaternary nitrogens is 1. The van der Waals surface area contributed by atoms with Crippen LogP contribution in [0.4, 0.5) is 0 Å². The summed E-state index contributed by atoms with van der Waals surface area (Å²) in [6.45, 7) is 11.0. The summed E-state index contributed by atoms with van der Waals surface area (Å²) >= 11 is 0. The maximum atomic E-state index is 11.1. The normalized spacial score (nSPS) is 12.5. The standard InChI is InChI=1S/C25H53NO3S/c1-4-7-10-11-12-13-14-15-16-17-18-19-23-26(21-8-5-2,22-9-6-3)24-20-25-30(27,28)29/h4-25H2,1-3H3. The van der Waals surface area contributed by atoms with Gasteiger partial charge in [-0.15, -0.1) is 0 Å². The van der Waals surface area contributed by atoms with Gasteiger partial charge in [0.05, 0.1) is 36.3 Å². The summed E-state index contributed by atoms with van der Waals surface area (Å²) in [6.07, 6.45) is 21.5. The zero-order valence-corrected chi connectivity index (χ0v) is 21.5. The Labute approximate surface area is 189 Å². The van der Waals surface area contributed by atoms with Crippen LogP contribution in [-0.2, 0) is 10.1 Å². The fraction of sp³-hybridized carbons (Fsp3) is 1.00. The number of rotatable bonds is 23. The minimum absolute atomic E-state index is 0.205. The highest BCUT2D eigenvalue weighted by Gasteiger charge is 2.25. The Morgan fingerprint density at radius 2 is 0.833 bits per heavy atom. The molecule has 0 aromatic heterocycles. The van der Waals surface area contributed by atoms with Crippen molar-refractivity contribution in [1.29, 1.82) is 0 Å². The number of hydrogen-bond donors (Lipinski definition) is 0. The third kappa shape index (κ3) is 18.6. The second kappa shape index (κ2) is 19.5. The molecule has 0 saturated heterocycles. The van der Waals surface area contributed by atoms with Gasteiger partial charge in [-0.2, -0.15) is 0 Å². The van der Waals surface area contributed by atoms with Gasteiger partial charge in [0.1, 0.15) is 0 Å². The molecule has 4 nitrogen and oxygen atoms in total. The fourth-order valence-electron chi connectivity index (χ4n) is 4.52. The van der Waals surface area contributed by atoms with Crippen molar-refractivity contribution in [2.24, 2.45) is 0 Å². The van der Waals surface area contributed by atoms with Crippen molar-refractivity contribution in [2.75, 3.05) is 31.9 Å². The lowest BCUT2D eigenvalue weighted by atomic mass is 10.0. The van der Waals surface area contributed by atoms with Gasteiger partial charge in [0.15, 0.2) is 0 Å². The molecule has 0 amide bonds. The van der Waals surface area contributed by atoms with Crippen LogP contribution in [0.25, 0.3) is 0 Å². The molecule has 0 aromatic rings. The molecular weight excluding hydrogens is 394 g/mol. The highest BCUT2D eigenvalue weighted by molar-refractivity contribution is 7.85. The second-order valence-corrected chi connectivity index (χ2v) is 11.0. The lowest BCUT2D eigenvalue weighted by Gasteiger charge is -2.39. The van der Waals surface area contributed by atoms with E-state index in [4.69, 9.17) is 0 Å². The molecule has 0 heterocycles. The van der Waals surface area contributed by atoms with E-state index in [1.54, 1.807) is 0 Å². The van der Waals surface area contributed by atoms with Crippen molar-refractivity contribution >= 4 is 10.1 Å². The Morgan fingerprint density at radius 3 is 1.23 bits per heavy atom. The summed E-state index contributed by atoms with van der Waals surface area (Å²) in [5, 5.41) is 0. The van der Waals surface area contributed by atoms with Gasteiger partial charge in [0, 0.05) is 12.2 Å². The van der Waals surface area contributed by atoms with Crippen LogP contribution in [0.3, 0.4) is 0 Å². The van der Waals surface area contributed by atoms with Gasteiger partial charge in [0.25, 0.3) is 0 Å². The molecule has 0 unspecified atom stereocenters. The zero-order chi connectivity index (χ0) is 22.6. The molecule has 0 aromatic carbocycles. The third-order valence-electron chi connectivity index (χ3n) is 6.48. The van der Waals surface area contributed by atoms with Gasteiger partial charge in [0.2, 0.25) is 0 Å². The molecule has 0 rings (SSSR count). The average molecular weight is 448 g/mol. The van der Waals surface area contributed by atoms with Gasteiger partial charge in [-0.3, -0.25) is 0 Å². The van der Waals surface area contributed by atoms with E-state index in [-0.39, 0.29) is 5.75 Å². The summed E-state index contributed by atoms with van der Waals surface area (Å²) in [4.78, 5) is 0. The van der Waals surface area contributed by atoms with E-state index in [1.807, 2.05) is 0 Å². The molecule has 0 aliphatic heterocycles. The maximum Gasteiger partial charge on any atom is 0.0948 e. The number of hydrogen-bond acceptors (Lipinski definition) is 3. The third-order valence-corrected chi connectivity index (χ3v) is 7.27. The van der Waals surface area contributed by atoms with Crippen molar-refractivity contribution < 1.29 is 17.5 Å². The molecule has 0 aliphatic rings. The summed E-state index contributed by atoms with van der Waals surface area (Å²) in [5.74, 6) is -0.205. The van der Waals surface area contributed by atoms with Crippen molar-refractivity contribution in [3.8, 4) is 0 Å². The first-order valence-electron chi connectivity index (χ1n) is 13.2. The molecule has 0 N–H and O–H groups in total. The van der Waals surface area contributed by atoms with Crippen molar-refractivity contribution in [3.05, 3.63) is 0 Å². The van der Waals surface area contributed by atoms with Gasteiger partial charge in [-0.25, -0.2) is 8.42 Å². The minimum atomic E-state index is -4.09. The van der Waals surface area contributed by atoms with Gasteiger partial charge < -0.3 is 9.04 Å². The van der Waals surface area contributed by atoms with E-state index >= 15 is 0 Å². The zero-order valence-electron chi connectivity index (χ0n) is 20.6. The summed E-state index contributed by atoms with van der Waals surface area (Å²) in [5.41, 5.74) is 0. The average Bonchev–Trinajstić information content (AvgIpc) is 2.70. The topological polar surface area (TPSA) is 57.2 Å².